The fourth-order valence-corrected chi connectivity index (χ4v) is 7.34. The van der Waals surface area contributed by atoms with Crippen LogP contribution in [0.15, 0.2) is 66.7 Å². The van der Waals surface area contributed by atoms with Crippen molar-refractivity contribution in [3.8, 4) is 11.5 Å². The maximum Gasteiger partial charge on any atom is 0.311 e. The second kappa shape index (κ2) is 17.6. The summed E-state index contributed by atoms with van der Waals surface area (Å²) in [6, 6.07) is 20.1. The van der Waals surface area contributed by atoms with Gasteiger partial charge in [0.1, 0.15) is 11.5 Å². The van der Waals surface area contributed by atoms with Gasteiger partial charge in [-0.3, -0.25) is 23.9 Å². The largest absolute Gasteiger partial charge is 0.497 e. The van der Waals surface area contributed by atoms with Crippen molar-refractivity contribution in [1.82, 2.24) is 14.8 Å². The third kappa shape index (κ3) is 9.59. The number of nitrogens with one attached hydrogen (secondary N) is 1. The number of aliphatic carboxylic acids is 1. The number of piperidine rings is 1. The minimum Gasteiger partial charge on any atom is -0.497 e. The first-order chi connectivity index (χ1) is 23.7. The molecular weight excluding hydrogens is 662 g/mol. The van der Waals surface area contributed by atoms with Gasteiger partial charge in [-0.15, -0.1) is 0 Å². The summed E-state index contributed by atoms with van der Waals surface area (Å²) in [5.74, 6) is -0.199. The first-order valence-electron chi connectivity index (χ1n) is 16.8. The molecular formula is C38H44ClN3O6S. The van der Waals surface area contributed by atoms with Crippen molar-refractivity contribution >= 4 is 52.0 Å². The fourth-order valence-electron chi connectivity index (χ4n) is 6.38. The molecule has 1 aliphatic rings. The molecule has 2 N–H and O–H groups in total. The highest BCUT2D eigenvalue weighted by atomic mass is 35.5. The molecule has 0 spiro atoms. The van der Waals surface area contributed by atoms with E-state index in [1.807, 2.05) is 12.1 Å². The number of carbonyl (C=O) groups is 3. The van der Waals surface area contributed by atoms with Gasteiger partial charge in [0.15, 0.2) is 0 Å². The molecule has 0 radical (unpaired) electrons. The molecule has 1 aliphatic heterocycles. The number of benzene rings is 3. The Hall–Kier alpha value is -3.99. The van der Waals surface area contributed by atoms with Crippen LogP contribution < -0.4 is 14.8 Å². The van der Waals surface area contributed by atoms with Crippen LogP contribution in [0.3, 0.4) is 0 Å². The van der Waals surface area contributed by atoms with Crippen molar-refractivity contribution in [2.75, 3.05) is 44.9 Å². The topological polar surface area (TPSA) is 110 Å². The number of carbonyl (C=O) groups excluding carboxylic acids is 2. The van der Waals surface area contributed by atoms with Crippen LogP contribution in [-0.2, 0) is 16.1 Å². The van der Waals surface area contributed by atoms with E-state index in [0.29, 0.717) is 63.8 Å². The minimum absolute atomic E-state index is 0.105. The molecule has 9 nitrogen and oxygen atoms in total. The van der Waals surface area contributed by atoms with Crippen molar-refractivity contribution in [2.24, 2.45) is 0 Å². The van der Waals surface area contributed by atoms with Gasteiger partial charge in [-0.25, -0.2) is 0 Å². The summed E-state index contributed by atoms with van der Waals surface area (Å²) >= 11 is 7.43. The first kappa shape index (κ1) is 36.3. The number of thioether (sulfide) groups is 1. The first-order valence-corrected chi connectivity index (χ1v) is 18.3. The summed E-state index contributed by atoms with van der Waals surface area (Å²) in [5, 5.41) is 14.4. The zero-order valence-corrected chi connectivity index (χ0v) is 29.7. The van der Waals surface area contributed by atoms with Crippen LogP contribution in [0.5, 0.6) is 11.5 Å². The van der Waals surface area contributed by atoms with Crippen molar-refractivity contribution < 1.29 is 29.0 Å². The summed E-state index contributed by atoms with van der Waals surface area (Å²) in [6.45, 7) is 6.00. The van der Waals surface area contributed by atoms with E-state index in [4.69, 9.17) is 21.1 Å². The molecule has 260 valence electrons. The number of methoxy groups -OCH3 is 1. The van der Waals surface area contributed by atoms with Gasteiger partial charge >= 0.3 is 5.97 Å². The average Bonchev–Trinajstić information content (AvgIpc) is 3.38. The molecule has 1 atom stereocenters. The van der Waals surface area contributed by atoms with Crippen molar-refractivity contribution in [1.29, 1.82) is 0 Å². The lowest BCUT2D eigenvalue weighted by Crippen LogP contribution is -2.29. The van der Waals surface area contributed by atoms with Crippen LogP contribution in [0.2, 0.25) is 5.02 Å². The summed E-state index contributed by atoms with van der Waals surface area (Å²) in [4.78, 5) is 41.3. The highest BCUT2D eigenvalue weighted by Crippen LogP contribution is 2.37. The molecule has 5 rings (SSSR count). The van der Waals surface area contributed by atoms with Gasteiger partial charge in [0, 0.05) is 34.8 Å². The van der Waals surface area contributed by atoms with Crippen LogP contribution in [0.1, 0.15) is 65.2 Å². The second-order valence-electron chi connectivity index (χ2n) is 12.3. The molecule has 1 amide bonds. The Kier molecular flexibility index (Phi) is 13.0. The molecule has 4 aromatic rings. The predicted octanol–water partition coefficient (Wildman–Crippen LogP) is 7.16. The van der Waals surface area contributed by atoms with Crippen molar-refractivity contribution in [2.45, 2.75) is 51.5 Å². The van der Waals surface area contributed by atoms with Crippen LogP contribution in [-0.4, -0.2) is 77.2 Å². The van der Waals surface area contributed by atoms with E-state index in [-0.39, 0.29) is 24.0 Å². The Labute approximate surface area is 296 Å². The van der Waals surface area contributed by atoms with E-state index in [1.54, 1.807) is 61.1 Å². The number of carboxylic acid groups (broad SMARTS) is 1. The number of hydrogen-bond acceptors (Lipinski definition) is 7. The number of nitrogens with zero attached hydrogens (tertiary/aromatic N) is 2. The number of carboxylic acids is 1. The predicted molar refractivity (Wildman–Crippen MR) is 195 cm³/mol. The molecule has 0 saturated carbocycles. The monoisotopic (exact) mass is 705 g/mol. The van der Waals surface area contributed by atoms with Gasteiger partial charge < -0.3 is 19.9 Å². The van der Waals surface area contributed by atoms with Gasteiger partial charge in [0.2, 0.25) is 5.91 Å². The summed E-state index contributed by atoms with van der Waals surface area (Å²) in [7, 11) is 1.54. The SMILES string of the molecule is COc1ccc2c(c1)c(C(CCSCC(=O)NCCCOc1cccc(CN3CCCCC3)c1)C(=O)O)c(C)n2C(=O)c1ccc(Cl)cc1. The molecule has 1 fully saturated rings. The lowest BCUT2D eigenvalue weighted by molar-refractivity contribution is -0.138. The van der Waals surface area contributed by atoms with Crippen molar-refractivity contribution in [3.63, 3.8) is 0 Å². The Morgan fingerprint density at radius 2 is 1.78 bits per heavy atom. The number of aromatic nitrogens is 1. The van der Waals surface area contributed by atoms with Crippen molar-refractivity contribution in [3.05, 3.63) is 94.1 Å². The van der Waals surface area contributed by atoms with E-state index in [2.05, 4.69) is 22.3 Å². The number of halogens is 1. The molecule has 1 aromatic heterocycles. The number of amides is 1. The van der Waals surface area contributed by atoms with E-state index in [9.17, 15) is 19.5 Å². The van der Waals surface area contributed by atoms with E-state index in [0.717, 1.165) is 25.4 Å². The highest BCUT2D eigenvalue weighted by molar-refractivity contribution is 7.99. The summed E-state index contributed by atoms with van der Waals surface area (Å²) < 4.78 is 12.9. The third-order valence-electron chi connectivity index (χ3n) is 8.85. The van der Waals surface area contributed by atoms with E-state index >= 15 is 0 Å². The van der Waals surface area contributed by atoms with Gasteiger partial charge in [0.05, 0.1) is 30.9 Å². The smallest absolute Gasteiger partial charge is 0.311 e. The zero-order valence-electron chi connectivity index (χ0n) is 28.1. The van der Waals surface area contributed by atoms with Gasteiger partial charge in [-0.05, 0) is 117 Å². The number of fused-ring (bicyclic) bond motifs is 1. The number of ether oxygens (including phenoxy) is 2. The molecule has 0 bridgehead atoms. The summed E-state index contributed by atoms with van der Waals surface area (Å²) in [5.41, 5.74) is 3.40. The number of likely N-dealkylation sites (tertiary alicyclic amines) is 1. The Balaban J connectivity index is 1.12. The standard InChI is InChI=1S/C38H44ClN3O6S/c1-26-36(33-23-30(47-2)14-15-34(33)42(26)37(44)28-10-12-29(39)13-11-28)32(38(45)46)16-21-49-25-35(43)40-17-7-20-48-31-9-6-8-27(22-31)24-41-18-4-3-5-19-41/h6,8-15,22-23,32H,3-5,7,16-21,24-25H2,1-2H3,(H,40,43)(H,45,46). The fraction of sp³-hybridized carbons (Fsp3) is 0.395. The molecule has 1 saturated heterocycles. The van der Waals surface area contributed by atoms with Crippen LogP contribution in [0, 0.1) is 6.92 Å². The molecule has 2 heterocycles. The lowest BCUT2D eigenvalue weighted by Gasteiger charge is -2.26. The number of rotatable bonds is 16. The maximum absolute atomic E-state index is 13.7. The Morgan fingerprint density at radius 3 is 2.51 bits per heavy atom. The normalized spacial score (nSPS) is 14.0. The van der Waals surface area contributed by atoms with Gasteiger partial charge in [0.25, 0.3) is 5.91 Å². The maximum atomic E-state index is 13.7. The lowest BCUT2D eigenvalue weighted by atomic mass is 9.93. The molecule has 0 aliphatic carbocycles. The zero-order chi connectivity index (χ0) is 34.8. The molecule has 3 aromatic carbocycles. The minimum atomic E-state index is -0.994. The molecule has 49 heavy (non-hydrogen) atoms. The van der Waals surface area contributed by atoms with E-state index < -0.39 is 11.9 Å². The number of hydrogen-bond donors (Lipinski definition) is 2. The van der Waals surface area contributed by atoms with Gasteiger partial charge in [-0.1, -0.05) is 30.2 Å². The Bertz CT molecular complexity index is 1750. The molecule has 1 unspecified atom stereocenters. The Morgan fingerprint density at radius 1 is 1.00 bits per heavy atom. The van der Waals surface area contributed by atoms with Crippen LogP contribution >= 0.6 is 23.4 Å². The highest BCUT2D eigenvalue weighted by Gasteiger charge is 2.29. The van der Waals surface area contributed by atoms with Gasteiger partial charge in [-0.2, -0.15) is 11.8 Å². The molecule has 11 heteroatoms. The quantitative estimate of drug-likeness (QED) is 0.118. The van der Waals surface area contributed by atoms with E-state index in [1.165, 1.54) is 36.6 Å². The second-order valence-corrected chi connectivity index (χ2v) is 13.8. The third-order valence-corrected chi connectivity index (χ3v) is 10.1. The summed E-state index contributed by atoms with van der Waals surface area (Å²) in [6.07, 6.45) is 4.81. The van der Waals surface area contributed by atoms with Crippen LogP contribution in [0.4, 0.5) is 0 Å². The van der Waals surface area contributed by atoms with Crippen LogP contribution in [0.25, 0.3) is 10.9 Å². The average molecular weight is 706 g/mol.